The molecule has 8 fully saturated rings. The van der Waals surface area contributed by atoms with E-state index in [2.05, 4.69) is 182 Å². The number of rotatable bonds is 4. The predicted molar refractivity (Wildman–Crippen MR) is 377 cm³/mol. The van der Waals surface area contributed by atoms with Crippen molar-refractivity contribution in [2.75, 3.05) is 0 Å². The second-order valence-corrected chi connectivity index (χ2v) is 43.0. The van der Waals surface area contributed by atoms with E-state index in [0.717, 1.165) is 38.5 Å². The molecule has 0 radical (unpaired) electrons. The van der Waals surface area contributed by atoms with E-state index in [1.165, 1.54) is 77.0 Å². The van der Waals surface area contributed by atoms with Crippen molar-refractivity contribution in [2.45, 2.75) is 443 Å². The van der Waals surface area contributed by atoms with Gasteiger partial charge in [0.05, 0.1) is 46.6 Å². The maximum absolute atomic E-state index is 11.9. The van der Waals surface area contributed by atoms with Gasteiger partial charge in [-0.3, -0.25) is 0 Å². The summed E-state index contributed by atoms with van der Waals surface area (Å²) in [5, 5.41) is 55.0. The second kappa shape index (κ2) is 28.3. The van der Waals surface area contributed by atoms with E-state index < -0.39 is 0 Å². The average molecular weight is 1250 g/mol. The number of aliphatic hydroxyl groups is 2. The molecule has 0 amide bonds. The van der Waals surface area contributed by atoms with Gasteiger partial charge in [0.15, 0.2) is 0 Å². The van der Waals surface area contributed by atoms with E-state index >= 15 is 0 Å². The van der Waals surface area contributed by atoms with Crippen LogP contribution in [0.15, 0.2) is 0 Å². The third-order valence-electron chi connectivity index (χ3n) is 20.9. The number of aliphatic hydroxyl groups excluding tert-OH is 2. The summed E-state index contributed by atoms with van der Waals surface area (Å²) in [4.78, 5) is 0. The van der Waals surface area contributed by atoms with Crippen molar-refractivity contribution in [3.05, 3.63) is 10.4 Å². The van der Waals surface area contributed by atoms with Crippen LogP contribution in [0, 0.1) is 53.7 Å². The number of ether oxygens (including phenoxy) is 1. The summed E-state index contributed by atoms with van der Waals surface area (Å²) in [6.07, 6.45) is 22.6. The molecule has 12 nitrogen and oxygen atoms in total. The Bertz CT molecular complexity index is 1810. The lowest BCUT2D eigenvalue weighted by molar-refractivity contribution is -0.956. The Hall–Kier alpha value is -0.480. The Morgan fingerprint density at radius 3 is 0.852 bits per heavy atom. The highest BCUT2D eigenvalue weighted by Crippen LogP contribution is 2.50. The molecule has 4 aliphatic carbocycles. The Kier molecular flexibility index (Phi) is 26.3. The Morgan fingerprint density at radius 2 is 0.545 bits per heavy atom. The molecule has 0 aromatic heterocycles. The minimum Gasteiger partial charge on any atom is -0.634 e. The number of hydrogen-bond donors (Lipinski definition) is 9. The zero-order valence-electron chi connectivity index (χ0n) is 64.5. The van der Waals surface area contributed by atoms with Gasteiger partial charge in [-0.2, -0.15) is 0 Å². The van der Waals surface area contributed by atoms with Crippen LogP contribution in [0.25, 0.3) is 0 Å². The zero-order chi connectivity index (χ0) is 68.7. The van der Waals surface area contributed by atoms with Gasteiger partial charge in [0.25, 0.3) is 0 Å². The minimum atomic E-state index is -0.346. The molecule has 8 aliphatic rings. The normalized spacial score (nSPS) is 33.6. The van der Waals surface area contributed by atoms with E-state index in [-0.39, 0.29) is 67.6 Å². The first-order valence-corrected chi connectivity index (χ1v) is 35.7. The van der Waals surface area contributed by atoms with Gasteiger partial charge in [-0.05, 0) is 257 Å². The van der Waals surface area contributed by atoms with E-state index in [4.69, 9.17) is 16.2 Å². The summed E-state index contributed by atoms with van der Waals surface area (Å²) in [5.74, 6) is 0. The number of nitrogens with two attached hydrogens (primary N) is 2. The van der Waals surface area contributed by atoms with Crippen LogP contribution >= 0.6 is 0 Å². The van der Waals surface area contributed by atoms with Gasteiger partial charge in [-0.25, -0.2) is 0 Å². The van der Waals surface area contributed by atoms with Gasteiger partial charge in [0, 0.05) is 72.0 Å². The van der Waals surface area contributed by atoms with Crippen LogP contribution in [-0.2, 0) is 4.74 Å². The van der Waals surface area contributed by atoms with Gasteiger partial charge in [0.2, 0.25) is 0 Å². The van der Waals surface area contributed by atoms with Crippen LogP contribution in [0.1, 0.15) is 350 Å². The fourth-order valence-corrected chi connectivity index (χ4v) is 21.7. The summed E-state index contributed by atoms with van der Waals surface area (Å²) in [5.41, 5.74) is 14.9. The molecule has 0 aromatic rings. The van der Waals surface area contributed by atoms with Crippen LogP contribution in [0.2, 0.25) is 0 Å². The first kappa shape index (κ1) is 81.8. The van der Waals surface area contributed by atoms with E-state index in [1.807, 2.05) is 55.4 Å². The van der Waals surface area contributed by atoms with Crippen molar-refractivity contribution in [3.8, 4) is 0 Å². The zero-order valence-corrected chi connectivity index (χ0v) is 64.5. The first-order valence-electron chi connectivity index (χ1n) is 35.7. The van der Waals surface area contributed by atoms with Gasteiger partial charge in [0.1, 0.15) is 0 Å². The number of piperidine rings is 4. The van der Waals surface area contributed by atoms with Crippen molar-refractivity contribution in [3.63, 3.8) is 0 Å². The fraction of sp³-hybridized carbons (Fsp3) is 1.00. The highest BCUT2D eigenvalue weighted by molar-refractivity contribution is 5.03. The Balaban J connectivity index is 0.000000283. The quantitative estimate of drug-likeness (QED) is 0.122. The number of quaternary nitrogens is 2. The molecule has 4 saturated carbocycles. The molecule has 4 heterocycles. The van der Waals surface area contributed by atoms with Crippen LogP contribution in [-0.4, -0.2) is 103 Å². The lowest BCUT2D eigenvalue weighted by Gasteiger charge is -2.54. The monoisotopic (exact) mass is 1250 g/mol. The molecule has 0 atom stereocenters. The fourth-order valence-electron chi connectivity index (χ4n) is 21.7. The molecule has 12 heteroatoms. The molecular formula is C76H155N7O5. The molecule has 4 aliphatic heterocycles. The second-order valence-electron chi connectivity index (χ2n) is 43.0. The molecule has 0 bridgehead atoms. The summed E-state index contributed by atoms with van der Waals surface area (Å²) in [6.45, 7) is 71.9. The van der Waals surface area contributed by atoms with Crippen molar-refractivity contribution >= 4 is 0 Å². The third-order valence-corrected chi connectivity index (χ3v) is 20.9. The van der Waals surface area contributed by atoms with Gasteiger partial charge < -0.3 is 62.9 Å². The van der Waals surface area contributed by atoms with Crippen LogP contribution in [0.5, 0.6) is 0 Å². The number of nitrogens with one attached hydrogen (secondary N) is 5. The van der Waals surface area contributed by atoms with Gasteiger partial charge in [-0.1, -0.05) is 111 Å². The van der Waals surface area contributed by atoms with Crippen molar-refractivity contribution in [2.24, 2.45) is 54.8 Å². The third kappa shape index (κ3) is 28.1. The molecule has 8 rings (SSSR count). The van der Waals surface area contributed by atoms with Gasteiger partial charge >= 0.3 is 0 Å². The topological polar surface area (TPSA) is 193 Å². The van der Waals surface area contributed by atoms with Crippen molar-refractivity contribution < 1.29 is 25.1 Å². The molecule has 0 aromatic carbocycles. The van der Waals surface area contributed by atoms with Crippen LogP contribution < -0.4 is 37.5 Å². The van der Waals surface area contributed by atoms with Crippen LogP contribution in [0.4, 0.5) is 0 Å². The maximum Gasteiger partial charge on any atom is 0.0946 e. The minimum absolute atomic E-state index is 0.0752. The smallest absolute Gasteiger partial charge is 0.0946 e. The largest absolute Gasteiger partial charge is 0.634 e. The van der Waals surface area contributed by atoms with E-state index in [1.54, 1.807) is 0 Å². The molecule has 4 saturated heterocycles. The number of hydroxylamine groups is 4. The SMILES string of the molecule is CC1(C)CC(N)CC(C)(C)C1.CC1(C)CC(N)CC(C)(C)[NH+]1[O-].CC1(C)CC(NC2CC(C)(C)NC(C)(C)C2)CC(C)(C)C1.CC1(C)CC(O)CC(C)(C)C1.CC1(C)CC(O)CC(C)(C)[NH+]1[O-].CC1(C)CC(OC2CC(C)(C)NC(C)(C)C2)CC(C)(C)C1. The Morgan fingerprint density at radius 1 is 0.318 bits per heavy atom. The number of hydrogen-bond acceptors (Lipinski definition) is 10. The summed E-state index contributed by atoms with van der Waals surface area (Å²) in [7, 11) is 0. The molecular weight excluding hydrogens is 1090 g/mol. The Labute approximate surface area is 546 Å². The lowest BCUT2D eigenvalue weighted by atomic mass is 9.63. The predicted octanol–water partition coefficient (Wildman–Crippen LogP) is 14.7. The molecule has 524 valence electrons. The highest BCUT2D eigenvalue weighted by Gasteiger charge is 2.48. The summed E-state index contributed by atoms with van der Waals surface area (Å²) in [6, 6.07) is 1.94. The average Bonchev–Trinajstić information content (AvgIpc) is 3.28. The maximum atomic E-state index is 11.9. The van der Waals surface area contributed by atoms with E-state index in [9.17, 15) is 20.6 Å². The van der Waals surface area contributed by atoms with Crippen molar-refractivity contribution in [1.29, 1.82) is 0 Å². The summed E-state index contributed by atoms with van der Waals surface area (Å²) >= 11 is 0. The van der Waals surface area contributed by atoms with E-state index in [0.29, 0.717) is 91.6 Å². The summed E-state index contributed by atoms with van der Waals surface area (Å²) < 4.78 is 6.63. The molecule has 0 unspecified atom stereocenters. The van der Waals surface area contributed by atoms with Gasteiger partial charge in [-0.15, -0.1) is 0 Å². The molecule has 0 spiro atoms. The first-order chi connectivity index (χ1) is 38.7. The molecule has 88 heavy (non-hydrogen) atoms. The van der Waals surface area contributed by atoms with Crippen molar-refractivity contribution in [1.82, 2.24) is 16.0 Å². The van der Waals surface area contributed by atoms with Crippen LogP contribution in [0.3, 0.4) is 0 Å². The standard InChI is InChI=1S/C19H38N2.C19H37NO.C10H21N.C10H20O.C9H20N2O.C9H19NO2/c1-16(2)9-14(10-17(3,4)13-16)20-15-11-18(5,6)21-19(7,8)12-15;1-16(2)9-14(10-17(3,4)13-16)21-15-11-18(5,6)20-19(7,8)12-15;2*1-9(2)5-8(11)6-10(3,4)7-9;1-8(2)5-7(10)6-9(3,4)11(8)12;1-8(2)5-7(11)6-9(3,4)10(8)12/h14-15,20-21H,9-13H2,1-8H3;14-15,20H,9-13H2,1-8H3;8H,5-7,11H2,1-4H3;8,11H,5-7H2,1-4H3;7,11H,5-6,10H2,1-4H3;7,10-11H,5-6H2,1-4H3. The molecule has 11 N–H and O–H groups in total. The highest BCUT2D eigenvalue weighted by atomic mass is 16.5. The lowest BCUT2D eigenvalue weighted by Crippen LogP contribution is -3.23.